The zero-order valence-corrected chi connectivity index (χ0v) is 13.1. The highest BCUT2D eigenvalue weighted by Crippen LogP contribution is 2.16. The van der Waals surface area contributed by atoms with Crippen LogP contribution in [0.4, 0.5) is 0 Å². The summed E-state index contributed by atoms with van der Waals surface area (Å²) in [4.78, 5) is 2.29. The summed E-state index contributed by atoms with van der Waals surface area (Å²) in [6, 6.07) is 7.95. The Morgan fingerprint density at radius 2 is 2.11 bits per heavy atom. The van der Waals surface area contributed by atoms with E-state index in [2.05, 4.69) is 27.9 Å². The van der Waals surface area contributed by atoms with Gasteiger partial charge < -0.3 is 14.4 Å². The van der Waals surface area contributed by atoms with Crippen LogP contribution in [0.5, 0.6) is 5.75 Å². The lowest BCUT2D eigenvalue weighted by atomic mass is 10.1. The fraction of sp³-hybridized carbons (Fsp3) is 0.600. The van der Waals surface area contributed by atoms with Crippen molar-refractivity contribution in [3.63, 3.8) is 0 Å². The minimum Gasteiger partial charge on any atom is -0.492 e. The minimum absolute atomic E-state index is 0.409. The second kappa shape index (κ2) is 7.88. The van der Waals surface area contributed by atoms with E-state index in [1.165, 1.54) is 19.3 Å². The number of halogens is 1. The molecule has 2 rings (SSSR count). The molecule has 19 heavy (non-hydrogen) atoms. The van der Waals surface area contributed by atoms with Gasteiger partial charge in [0.15, 0.2) is 0 Å². The van der Waals surface area contributed by atoms with E-state index in [1.807, 2.05) is 24.3 Å². The van der Waals surface area contributed by atoms with Crippen molar-refractivity contribution in [2.75, 3.05) is 33.4 Å². The molecule has 0 aromatic heterocycles. The smallest absolute Gasteiger partial charge is 0.119 e. The van der Waals surface area contributed by atoms with Crippen LogP contribution in [0.1, 0.15) is 19.3 Å². The van der Waals surface area contributed by atoms with E-state index >= 15 is 0 Å². The maximum atomic E-state index is 5.74. The number of benzene rings is 1. The number of likely N-dealkylation sites (N-methyl/N-ethyl adjacent to an activating group) is 1. The Labute approximate surface area is 124 Å². The third-order valence-corrected chi connectivity index (χ3v) is 3.87. The van der Waals surface area contributed by atoms with Gasteiger partial charge in [-0.25, -0.2) is 0 Å². The molecule has 0 saturated carbocycles. The molecule has 0 spiro atoms. The molecule has 1 heterocycles. The lowest BCUT2D eigenvalue weighted by Crippen LogP contribution is -2.35. The summed E-state index contributed by atoms with van der Waals surface area (Å²) in [7, 11) is 2.13. The molecule has 1 fully saturated rings. The second-order valence-electron chi connectivity index (χ2n) is 5.05. The van der Waals surface area contributed by atoms with Crippen molar-refractivity contribution in [1.29, 1.82) is 0 Å². The third-order valence-electron chi connectivity index (χ3n) is 3.34. The van der Waals surface area contributed by atoms with Crippen LogP contribution in [0.15, 0.2) is 28.7 Å². The molecule has 4 heteroatoms. The Kier molecular flexibility index (Phi) is 6.14. The Morgan fingerprint density at radius 1 is 1.32 bits per heavy atom. The van der Waals surface area contributed by atoms with E-state index in [9.17, 15) is 0 Å². The maximum absolute atomic E-state index is 5.74. The molecular formula is C15H22BrNO2. The van der Waals surface area contributed by atoms with Crippen LogP contribution in [0.25, 0.3) is 0 Å². The van der Waals surface area contributed by atoms with E-state index in [1.54, 1.807) is 0 Å². The molecule has 0 N–H and O–H groups in total. The number of rotatable bonds is 6. The first kappa shape index (κ1) is 14.8. The van der Waals surface area contributed by atoms with Crippen LogP contribution >= 0.6 is 15.9 Å². The molecule has 0 bridgehead atoms. The van der Waals surface area contributed by atoms with E-state index in [4.69, 9.17) is 9.47 Å². The predicted molar refractivity (Wildman–Crippen MR) is 80.7 cm³/mol. The van der Waals surface area contributed by atoms with Crippen molar-refractivity contribution in [1.82, 2.24) is 4.90 Å². The molecule has 1 saturated heterocycles. The monoisotopic (exact) mass is 327 g/mol. The molecule has 1 aliphatic heterocycles. The Bertz CT molecular complexity index is 363. The lowest BCUT2D eigenvalue weighted by molar-refractivity contribution is -0.00282. The van der Waals surface area contributed by atoms with Crippen LogP contribution in [-0.2, 0) is 4.74 Å². The van der Waals surface area contributed by atoms with Gasteiger partial charge in [-0.2, -0.15) is 0 Å². The Hall–Kier alpha value is -0.580. The van der Waals surface area contributed by atoms with Gasteiger partial charge in [0.05, 0.1) is 6.10 Å². The zero-order valence-electron chi connectivity index (χ0n) is 11.5. The van der Waals surface area contributed by atoms with Gasteiger partial charge in [0.1, 0.15) is 12.4 Å². The standard InChI is InChI=1S/C15H22BrNO2/c1-17(12-15-4-2-3-10-18-15)9-11-19-14-7-5-13(16)6-8-14/h5-8,15H,2-4,9-12H2,1H3. The minimum atomic E-state index is 0.409. The predicted octanol–water partition coefficient (Wildman–Crippen LogP) is 3.33. The molecule has 1 aromatic carbocycles. The van der Waals surface area contributed by atoms with Gasteiger partial charge in [-0.05, 0) is 50.6 Å². The quantitative estimate of drug-likeness (QED) is 0.800. The lowest BCUT2D eigenvalue weighted by Gasteiger charge is -2.27. The molecule has 0 radical (unpaired) electrons. The summed E-state index contributed by atoms with van der Waals surface area (Å²) in [6.07, 6.45) is 4.12. The number of nitrogens with zero attached hydrogens (tertiary/aromatic N) is 1. The Balaban J connectivity index is 1.63. The summed E-state index contributed by atoms with van der Waals surface area (Å²) in [5.41, 5.74) is 0. The van der Waals surface area contributed by atoms with Crippen LogP contribution < -0.4 is 4.74 Å². The fourth-order valence-corrected chi connectivity index (χ4v) is 2.50. The van der Waals surface area contributed by atoms with Crippen LogP contribution in [0.3, 0.4) is 0 Å². The Morgan fingerprint density at radius 3 is 2.79 bits per heavy atom. The molecule has 1 aromatic rings. The third kappa shape index (κ3) is 5.51. The average molecular weight is 328 g/mol. The van der Waals surface area contributed by atoms with Gasteiger partial charge in [-0.1, -0.05) is 15.9 Å². The van der Waals surface area contributed by atoms with Crippen molar-refractivity contribution in [2.24, 2.45) is 0 Å². The first-order valence-corrected chi connectivity index (χ1v) is 7.72. The fourth-order valence-electron chi connectivity index (χ4n) is 2.24. The summed E-state index contributed by atoms with van der Waals surface area (Å²) < 4.78 is 12.5. The van der Waals surface area contributed by atoms with Gasteiger partial charge in [-0.3, -0.25) is 0 Å². The van der Waals surface area contributed by atoms with Crippen molar-refractivity contribution >= 4 is 15.9 Å². The zero-order chi connectivity index (χ0) is 13.5. The van der Waals surface area contributed by atoms with Gasteiger partial charge in [0.2, 0.25) is 0 Å². The first-order chi connectivity index (χ1) is 9.24. The summed E-state index contributed by atoms with van der Waals surface area (Å²) in [5, 5.41) is 0. The van der Waals surface area contributed by atoms with E-state index in [0.717, 1.165) is 29.9 Å². The van der Waals surface area contributed by atoms with Crippen LogP contribution in [-0.4, -0.2) is 44.4 Å². The topological polar surface area (TPSA) is 21.7 Å². The van der Waals surface area contributed by atoms with Gasteiger partial charge >= 0.3 is 0 Å². The van der Waals surface area contributed by atoms with Gasteiger partial charge in [0.25, 0.3) is 0 Å². The molecule has 106 valence electrons. The first-order valence-electron chi connectivity index (χ1n) is 6.92. The number of hydrogen-bond donors (Lipinski definition) is 0. The molecule has 1 unspecified atom stereocenters. The summed E-state index contributed by atoms with van der Waals surface area (Å²) >= 11 is 3.41. The normalized spacial score (nSPS) is 19.6. The van der Waals surface area contributed by atoms with Crippen molar-refractivity contribution < 1.29 is 9.47 Å². The summed E-state index contributed by atoms with van der Waals surface area (Å²) in [6.45, 7) is 3.57. The molecule has 3 nitrogen and oxygen atoms in total. The van der Waals surface area contributed by atoms with Crippen molar-refractivity contribution in [3.8, 4) is 5.75 Å². The summed E-state index contributed by atoms with van der Waals surface area (Å²) in [5.74, 6) is 0.922. The van der Waals surface area contributed by atoms with Crippen molar-refractivity contribution in [2.45, 2.75) is 25.4 Å². The van der Waals surface area contributed by atoms with Gasteiger partial charge in [-0.15, -0.1) is 0 Å². The highest BCUT2D eigenvalue weighted by atomic mass is 79.9. The molecule has 1 aliphatic rings. The molecular weight excluding hydrogens is 306 g/mol. The molecule has 0 amide bonds. The van der Waals surface area contributed by atoms with E-state index in [0.29, 0.717) is 12.7 Å². The average Bonchev–Trinajstić information content (AvgIpc) is 2.42. The van der Waals surface area contributed by atoms with Gasteiger partial charge in [0, 0.05) is 24.2 Å². The number of hydrogen-bond acceptors (Lipinski definition) is 3. The van der Waals surface area contributed by atoms with E-state index < -0.39 is 0 Å². The van der Waals surface area contributed by atoms with Crippen LogP contribution in [0.2, 0.25) is 0 Å². The maximum Gasteiger partial charge on any atom is 0.119 e. The SMILES string of the molecule is CN(CCOc1ccc(Br)cc1)CC1CCCCO1. The highest BCUT2D eigenvalue weighted by Gasteiger charge is 2.15. The largest absolute Gasteiger partial charge is 0.492 e. The second-order valence-corrected chi connectivity index (χ2v) is 5.97. The highest BCUT2D eigenvalue weighted by molar-refractivity contribution is 9.10. The molecule has 0 aliphatic carbocycles. The van der Waals surface area contributed by atoms with Crippen molar-refractivity contribution in [3.05, 3.63) is 28.7 Å². The number of ether oxygens (including phenoxy) is 2. The molecule has 1 atom stereocenters. The van der Waals surface area contributed by atoms with Crippen LogP contribution in [0, 0.1) is 0 Å². The van der Waals surface area contributed by atoms with E-state index in [-0.39, 0.29) is 0 Å².